The maximum atomic E-state index is 11.8. The molecule has 0 unspecified atom stereocenters. The van der Waals surface area contributed by atoms with E-state index >= 15 is 0 Å². The van der Waals surface area contributed by atoms with Crippen molar-refractivity contribution in [3.8, 4) is 0 Å². The molecule has 0 radical (unpaired) electrons. The second kappa shape index (κ2) is 6.70. The first-order valence-electron chi connectivity index (χ1n) is 7.00. The van der Waals surface area contributed by atoms with Gasteiger partial charge in [-0.25, -0.2) is 9.97 Å². The Kier molecular flexibility index (Phi) is 5.16. The van der Waals surface area contributed by atoms with Gasteiger partial charge in [0.2, 0.25) is 5.95 Å². The van der Waals surface area contributed by atoms with E-state index in [1.54, 1.807) is 12.4 Å². The number of carbonyl (C=O) groups is 1. The molecule has 1 aromatic rings. The molecule has 0 N–H and O–H groups in total. The van der Waals surface area contributed by atoms with Crippen LogP contribution in [0.1, 0.15) is 20.8 Å². The second-order valence-corrected chi connectivity index (χ2v) is 6.97. The molecule has 0 aliphatic carbocycles. The van der Waals surface area contributed by atoms with Gasteiger partial charge >= 0.3 is 5.97 Å². The SMILES string of the molecule is CC(C)(C)OC(=O)CN1CCN(c2ncc(Br)cn2)CC1. The smallest absolute Gasteiger partial charge is 0.320 e. The normalized spacial score (nSPS) is 16.9. The minimum atomic E-state index is -0.426. The lowest BCUT2D eigenvalue weighted by molar-refractivity contribution is -0.156. The summed E-state index contributed by atoms with van der Waals surface area (Å²) < 4.78 is 6.21. The zero-order chi connectivity index (χ0) is 15.5. The fraction of sp³-hybridized carbons (Fsp3) is 0.643. The first kappa shape index (κ1) is 16.2. The number of hydrogen-bond donors (Lipinski definition) is 0. The summed E-state index contributed by atoms with van der Waals surface area (Å²) in [6.07, 6.45) is 3.49. The molecular formula is C14H21BrN4O2. The van der Waals surface area contributed by atoms with Gasteiger partial charge in [0.15, 0.2) is 0 Å². The molecule has 2 heterocycles. The monoisotopic (exact) mass is 356 g/mol. The van der Waals surface area contributed by atoms with Gasteiger partial charge in [0.05, 0.1) is 11.0 Å². The van der Waals surface area contributed by atoms with Crippen molar-refractivity contribution in [2.24, 2.45) is 0 Å². The molecule has 116 valence electrons. The molecule has 0 atom stereocenters. The Bertz CT molecular complexity index is 479. The van der Waals surface area contributed by atoms with Crippen molar-refractivity contribution < 1.29 is 9.53 Å². The first-order chi connectivity index (χ1) is 9.83. The average Bonchev–Trinajstić information content (AvgIpc) is 2.38. The van der Waals surface area contributed by atoms with E-state index in [-0.39, 0.29) is 5.97 Å². The number of hydrogen-bond acceptors (Lipinski definition) is 6. The van der Waals surface area contributed by atoms with Crippen molar-refractivity contribution in [2.45, 2.75) is 26.4 Å². The van der Waals surface area contributed by atoms with E-state index in [4.69, 9.17) is 4.74 Å². The second-order valence-electron chi connectivity index (χ2n) is 6.05. The Labute approximate surface area is 133 Å². The molecule has 6 nitrogen and oxygen atoms in total. The van der Waals surface area contributed by atoms with Gasteiger partial charge in [-0.3, -0.25) is 9.69 Å². The molecule has 1 aromatic heterocycles. The van der Waals surface area contributed by atoms with E-state index in [0.717, 1.165) is 36.6 Å². The highest BCUT2D eigenvalue weighted by atomic mass is 79.9. The molecule has 2 rings (SSSR count). The van der Waals surface area contributed by atoms with Crippen molar-refractivity contribution in [1.29, 1.82) is 0 Å². The van der Waals surface area contributed by atoms with Gasteiger partial charge < -0.3 is 9.64 Å². The van der Waals surface area contributed by atoms with E-state index < -0.39 is 5.60 Å². The van der Waals surface area contributed by atoms with E-state index in [0.29, 0.717) is 6.54 Å². The molecular weight excluding hydrogens is 336 g/mol. The highest BCUT2D eigenvalue weighted by molar-refractivity contribution is 9.10. The quantitative estimate of drug-likeness (QED) is 0.768. The Balaban J connectivity index is 1.80. The summed E-state index contributed by atoms with van der Waals surface area (Å²) in [4.78, 5) is 24.6. The van der Waals surface area contributed by atoms with Crippen molar-refractivity contribution in [1.82, 2.24) is 14.9 Å². The van der Waals surface area contributed by atoms with Crippen molar-refractivity contribution >= 4 is 27.8 Å². The van der Waals surface area contributed by atoms with E-state index in [9.17, 15) is 4.79 Å². The minimum Gasteiger partial charge on any atom is -0.459 e. The van der Waals surface area contributed by atoms with E-state index in [2.05, 4.69) is 35.7 Å². The van der Waals surface area contributed by atoms with Crippen LogP contribution in [0.4, 0.5) is 5.95 Å². The van der Waals surface area contributed by atoms with Crippen LogP contribution in [0.15, 0.2) is 16.9 Å². The summed E-state index contributed by atoms with van der Waals surface area (Å²) in [5, 5.41) is 0. The van der Waals surface area contributed by atoms with Gasteiger partial charge in [-0.05, 0) is 36.7 Å². The fourth-order valence-corrected chi connectivity index (χ4v) is 2.34. The summed E-state index contributed by atoms with van der Waals surface area (Å²) in [6, 6.07) is 0. The maximum absolute atomic E-state index is 11.8. The predicted octanol–water partition coefficient (Wildman–Crippen LogP) is 1.70. The van der Waals surface area contributed by atoms with Gasteiger partial charge in [-0.15, -0.1) is 0 Å². The van der Waals surface area contributed by atoms with Gasteiger partial charge in [0.1, 0.15) is 5.60 Å². The van der Waals surface area contributed by atoms with Crippen molar-refractivity contribution in [3.05, 3.63) is 16.9 Å². The summed E-state index contributed by atoms with van der Waals surface area (Å²) >= 11 is 3.33. The van der Waals surface area contributed by atoms with Crippen LogP contribution < -0.4 is 4.90 Å². The van der Waals surface area contributed by atoms with Crippen molar-refractivity contribution in [3.63, 3.8) is 0 Å². The number of halogens is 1. The Morgan fingerprint density at radius 1 is 1.24 bits per heavy atom. The number of esters is 1. The van der Waals surface area contributed by atoms with Gasteiger partial charge in [-0.1, -0.05) is 0 Å². The predicted molar refractivity (Wildman–Crippen MR) is 84.2 cm³/mol. The molecule has 1 fully saturated rings. The number of anilines is 1. The van der Waals surface area contributed by atoms with Crippen LogP contribution in [0, 0.1) is 0 Å². The van der Waals surface area contributed by atoms with Crippen LogP contribution in [0.25, 0.3) is 0 Å². The zero-order valence-electron chi connectivity index (χ0n) is 12.7. The third-order valence-electron chi connectivity index (χ3n) is 3.03. The molecule has 1 aliphatic heterocycles. The Hall–Kier alpha value is -1.21. The topological polar surface area (TPSA) is 58.6 Å². The third-order valence-corrected chi connectivity index (χ3v) is 3.44. The van der Waals surface area contributed by atoms with Crippen LogP contribution >= 0.6 is 15.9 Å². The molecule has 7 heteroatoms. The number of aromatic nitrogens is 2. The summed E-state index contributed by atoms with van der Waals surface area (Å²) in [6.45, 7) is 9.22. The van der Waals surface area contributed by atoms with Crippen LogP contribution in [0.3, 0.4) is 0 Å². The largest absolute Gasteiger partial charge is 0.459 e. The van der Waals surface area contributed by atoms with Crippen LogP contribution in [-0.4, -0.2) is 59.2 Å². The lowest BCUT2D eigenvalue weighted by atomic mass is 10.2. The van der Waals surface area contributed by atoms with Gasteiger partial charge in [0, 0.05) is 38.6 Å². The molecule has 0 aromatic carbocycles. The van der Waals surface area contributed by atoms with Crippen LogP contribution in [-0.2, 0) is 9.53 Å². The summed E-state index contributed by atoms with van der Waals surface area (Å²) in [5.74, 6) is 0.561. The Morgan fingerprint density at radius 3 is 2.33 bits per heavy atom. The van der Waals surface area contributed by atoms with Crippen LogP contribution in [0.2, 0.25) is 0 Å². The fourth-order valence-electron chi connectivity index (χ4n) is 2.13. The lowest BCUT2D eigenvalue weighted by Crippen LogP contribution is -2.49. The number of nitrogens with zero attached hydrogens (tertiary/aromatic N) is 4. The lowest BCUT2D eigenvalue weighted by Gasteiger charge is -2.34. The van der Waals surface area contributed by atoms with Crippen molar-refractivity contribution in [2.75, 3.05) is 37.6 Å². The number of piperazine rings is 1. The highest BCUT2D eigenvalue weighted by Gasteiger charge is 2.23. The Morgan fingerprint density at radius 2 is 1.81 bits per heavy atom. The van der Waals surface area contributed by atoms with E-state index in [1.165, 1.54) is 0 Å². The van der Waals surface area contributed by atoms with Crippen LogP contribution in [0.5, 0.6) is 0 Å². The number of ether oxygens (including phenoxy) is 1. The molecule has 0 bridgehead atoms. The summed E-state index contributed by atoms with van der Waals surface area (Å²) in [7, 11) is 0. The van der Waals surface area contributed by atoms with E-state index in [1.807, 2.05) is 20.8 Å². The molecule has 0 spiro atoms. The first-order valence-corrected chi connectivity index (χ1v) is 7.79. The molecule has 1 saturated heterocycles. The molecule has 0 saturated carbocycles. The molecule has 0 amide bonds. The van der Waals surface area contributed by atoms with Gasteiger partial charge in [0.25, 0.3) is 0 Å². The average molecular weight is 357 g/mol. The third kappa shape index (κ3) is 5.24. The summed E-state index contributed by atoms with van der Waals surface area (Å²) in [5.41, 5.74) is -0.426. The minimum absolute atomic E-state index is 0.171. The maximum Gasteiger partial charge on any atom is 0.320 e. The molecule has 21 heavy (non-hydrogen) atoms. The number of carbonyl (C=O) groups excluding carboxylic acids is 1. The zero-order valence-corrected chi connectivity index (χ0v) is 14.3. The molecule has 1 aliphatic rings. The highest BCUT2D eigenvalue weighted by Crippen LogP contribution is 2.14. The number of rotatable bonds is 3. The van der Waals surface area contributed by atoms with Gasteiger partial charge in [-0.2, -0.15) is 0 Å². The standard InChI is InChI=1S/C14H21BrN4O2/c1-14(2,3)21-12(20)10-18-4-6-19(7-5-18)13-16-8-11(15)9-17-13/h8-9H,4-7,10H2,1-3H3.